The highest BCUT2D eigenvalue weighted by Crippen LogP contribution is 2.50. The number of para-hydroxylation sites is 2. The van der Waals surface area contributed by atoms with Crippen LogP contribution < -0.4 is 15.3 Å². The molecule has 5 aromatic rings. The molecule has 1 aliphatic heterocycles. The Labute approximate surface area is 213 Å². The highest BCUT2D eigenvalue weighted by Gasteiger charge is 2.23. The maximum Gasteiger partial charge on any atom is 0.0875 e. The second-order valence-corrected chi connectivity index (χ2v) is 11.8. The van der Waals surface area contributed by atoms with Gasteiger partial charge in [-0.05, 0) is 47.5 Å². The summed E-state index contributed by atoms with van der Waals surface area (Å²) in [6.45, 7) is 0. The Hall–Kier alpha value is -3.79. The van der Waals surface area contributed by atoms with Crippen LogP contribution in [0, 0.1) is 0 Å². The van der Waals surface area contributed by atoms with Crippen LogP contribution in [0.15, 0.2) is 137 Å². The lowest BCUT2D eigenvalue weighted by Crippen LogP contribution is -2.26. The summed E-state index contributed by atoms with van der Waals surface area (Å²) in [6, 6.07) is 46.0. The smallest absolute Gasteiger partial charge is 0.0875 e. The largest absolute Gasteiger partial charge is 0.308 e. The van der Waals surface area contributed by atoms with Crippen molar-refractivity contribution in [1.82, 2.24) is 0 Å². The number of rotatable bonds is 5. The average molecular weight is 484 g/mol. The van der Waals surface area contributed by atoms with Crippen LogP contribution in [-0.2, 0) is 0 Å². The van der Waals surface area contributed by atoms with Crippen LogP contribution in [-0.4, -0.2) is 9.52 Å². The molecular weight excluding hydrogens is 459 g/mol. The lowest BCUT2D eigenvalue weighted by molar-refractivity contribution is 1.17. The SMILES string of the molecule is C(=Cc1ccc(N2c3ccccc3Sc3ccccc32)cc1)c1ccc([SiH2]c2ccccc2)cc1. The molecule has 1 nitrogen and oxygen atoms in total. The molecule has 0 N–H and O–H groups in total. The third-order valence-electron chi connectivity index (χ3n) is 6.28. The van der Waals surface area contributed by atoms with Crippen molar-refractivity contribution in [1.29, 1.82) is 0 Å². The van der Waals surface area contributed by atoms with Crippen molar-refractivity contribution in [2.45, 2.75) is 9.79 Å². The highest BCUT2D eigenvalue weighted by atomic mass is 32.2. The Morgan fingerprint density at radius 3 is 1.57 bits per heavy atom. The molecule has 0 radical (unpaired) electrons. The summed E-state index contributed by atoms with van der Waals surface area (Å²) in [5, 5.41) is 2.95. The minimum Gasteiger partial charge on any atom is -0.308 e. The van der Waals surface area contributed by atoms with E-state index < -0.39 is 9.52 Å². The number of fused-ring (bicyclic) bond motifs is 2. The van der Waals surface area contributed by atoms with E-state index in [4.69, 9.17) is 0 Å². The third kappa shape index (κ3) is 4.74. The van der Waals surface area contributed by atoms with E-state index in [0.29, 0.717) is 0 Å². The van der Waals surface area contributed by atoms with Crippen molar-refractivity contribution >= 4 is 60.9 Å². The summed E-state index contributed by atoms with van der Waals surface area (Å²) in [7, 11) is -0.401. The summed E-state index contributed by atoms with van der Waals surface area (Å²) >= 11 is 1.84. The molecule has 168 valence electrons. The van der Waals surface area contributed by atoms with E-state index in [1.807, 2.05) is 11.8 Å². The second-order valence-electron chi connectivity index (χ2n) is 8.70. The van der Waals surface area contributed by atoms with Crippen LogP contribution in [0.5, 0.6) is 0 Å². The van der Waals surface area contributed by atoms with Gasteiger partial charge in [-0.1, -0.05) is 125 Å². The Morgan fingerprint density at radius 2 is 0.971 bits per heavy atom. The van der Waals surface area contributed by atoms with Crippen LogP contribution in [0.3, 0.4) is 0 Å². The number of hydrogen-bond acceptors (Lipinski definition) is 2. The highest BCUT2D eigenvalue weighted by molar-refractivity contribution is 7.99. The van der Waals surface area contributed by atoms with E-state index in [-0.39, 0.29) is 0 Å². The van der Waals surface area contributed by atoms with Crippen LogP contribution in [0.4, 0.5) is 17.1 Å². The van der Waals surface area contributed by atoms with Gasteiger partial charge >= 0.3 is 0 Å². The fourth-order valence-corrected chi connectivity index (χ4v) is 7.00. The average Bonchev–Trinajstić information content (AvgIpc) is 2.92. The van der Waals surface area contributed by atoms with Gasteiger partial charge in [0.15, 0.2) is 0 Å². The first kappa shape index (κ1) is 21.7. The van der Waals surface area contributed by atoms with Crippen LogP contribution >= 0.6 is 11.8 Å². The normalized spacial score (nSPS) is 12.7. The van der Waals surface area contributed by atoms with E-state index >= 15 is 0 Å². The molecule has 0 unspecified atom stereocenters. The molecule has 6 rings (SSSR count). The summed E-state index contributed by atoms with van der Waals surface area (Å²) < 4.78 is 0. The van der Waals surface area contributed by atoms with Gasteiger partial charge < -0.3 is 4.90 Å². The van der Waals surface area contributed by atoms with Gasteiger partial charge in [0, 0.05) is 15.5 Å². The molecule has 0 aromatic heterocycles. The van der Waals surface area contributed by atoms with Gasteiger partial charge in [-0.3, -0.25) is 0 Å². The molecule has 35 heavy (non-hydrogen) atoms. The maximum atomic E-state index is 2.37. The molecule has 0 spiro atoms. The summed E-state index contributed by atoms with van der Waals surface area (Å²) in [4.78, 5) is 4.94. The van der Waals surface area contributed by atoms with Crippen molar-refractivity contribution in [2.24, 2.45) is 0 Å². The van der Waals surface area contributed by atoms with Crippen molar-refractivity contribution in [3.05, 3.63) is 139 Å². The molecule has 0 atom stereocenters. The van der Waals surface area contributed by atoms with Gasteiger partial charge in [-0.2, -0.15) is 0 Å². The van der Waals surface area contributed by atoms with Gasteiger partial charge in [0.1, 0.15) is 0 Å². The summed E-state index contributed by atoms with van der Waals surface area (Å²) in [5.74, 6) is 0. The van der Waals surface area contributed by atoms with Crippen molar-refractivity contribution in [3.63, 3.8) is 0 Å². The first-order valence-corrected chi connectivity index (χ1v) is 14.1. The quantitative estimate of drug-likeness (QED) is 0.194. The molecule has 1 heterocycles. The van der Waals surface area contributed by atoms with E-state index in [1.165, 1.54) is 48.4 Å². The first-order chi connectivity index (χ1) is 17.3. The molecule has 0 saturated heterocycles. The van der Waals surface area contributed by atoms with Crippen LogP contribution in [0.25, 0.3) is 12.2 Å². The lowest BCUT2D eigenvalue weighted by atomic mass is 10.1. The molecule has 0 saturated carbocycles. The van der Waals surface area contributed by atoms with Crippen LogP contribution in [0.1, 0.15) is 11.1 Å². The molecule has 0 aliphatic carbocycles. The standard InChI is InChI=1S/C32H25NSSi/c1-2-8-27(9-3-1)35-28-22-18-25(19-23-28)15-14-24-16-20-26(21-17-24)33-29-10-4-6-12-31(29)34-32-13-7-5-11-30(32)33/h1-23H,35H2. The zero-order chi connectivity index (χ0) is 23.5. The van der Waals surface area contributed by atoms with Crippen LogP contribution in [0.2, 0.25) is 0 Å². The Morgan fingerprint density at radius 1 is 0.486 bits per heavy atom. The van der Waals surface area contributed by atoms with Gasteiger partial charge in [0.05, 0.1) is 20.9 Å². The zero-order valence-corrected chi connectivity index (χ0v) is 21.6. The van der Waals surface area contributed by atoms with E-state index in [0.717, 1.165) is 0 Å². The molecule has 0 amide bonds. The van der Waals surface area contributed by atoms with Gasteiger partial charge in [0.2, 0.25) is 0 Å². The summed E-state index contributed by atoms with van der Waals surface area (Å²) in [6.07, 6.45) is 4.40. The van der Waals surface area contributed by atoms with Crippen molar-refractivity contribution < 1.29 is 0 Å². The fraction of sp³-hybridized carbons (Fsp3) is 0. The zero-order valence-electron chi connectivity index (χ0n) is 19.3. The van der Waals surface area contributed by atoms with E-state index in [1.54, 1.807) is 0 Å². The topological polar surface area (TPSA) is 3.24 Å². The Bertz CT molecular complexity index is 1430. The Kier molecular flexibility index (Phi) is 6.10. The maximum absolute atomic E-state index is 2.37. The number of anilines is 3. The van der Waals surface area contributed by atoms with E-state index in [9.17, 15) is 0 Å². The van der Waals surface area contributed by atoms with Gasteiger partial charge in [-0.25, -0.2) is 0 Å². The molecule has 5 aromatic carbocycles. The molecule has 0 bridgehead atoms. The second kappa shape index (κ2) is 9.83. The Balaban J connectivity index is 1.21. The molecule has 3 heteroatoms. The number of benzene rings is 5. The lowest BCUT2D eigenvalue weighted by Gasteiger charge is -2.32. The third-order valence-corrected chi connectivity index (χ3v) is 9.17. The van der Waals surface area contributed by atoms with Crippen molar-refractivity contribution in [3.8, 4) is 0 Å². The molecule has 1 aliphatic rings. The predicted octanol–water partition coefficient (Wildman–Crippen LogP) is 6.91. The molecule has 0 fully saturated rings. The number of nitrogens with zero attached hydrogens (tertiary/aromatic N) is 1. The summed E-state index contributed by atoms with van der Waals surface area (Å²) in [5.41, 5.74) is 6.08. The molecular formula is C32H25NSSi. The monoisotopic (exact) mass is 483 g/mol. The first-order valence-electron chi connectivity index (χ1n) is 11.9. The fourth-order valence-electron chi connectivity index (χ4n) is 4.49. The predicted molar refractivity (Wildman–Crippen MR) is 155 cm³/mol. The minimum atomic E-state index is -0.401. The minimum absolute atomic E-state index is 0.401. The number of hydrogen-bond donors (Lipinski definition) is 0. The van der Waals surface area contributed by atoms with E-state index in [2.05, 4.69) is 144 Å². The van der Waals surface area contributed by atoms with Gasteiger partial charge in [0.25, 0.3) is 0 Å². The van der Waals surface area contributed by atoms with Crippen molar-refractivity contribution in [2.75, 3.05) is 4.90 Å². The van der Waals surface area contributed by atoms with Gasteiger partial charge in [-0.15, -0.1) is 0 Å².